The van der Waals surface area contributed by atoms with Crippen molar-refractivity contribution in [2.24, 2.45) is 0 Å². The van der Waals surface area contributed by atoms with Crippen molar-refractivity contribution < 1.29 is 19.1 Å². The Morgan fingerprint density at radius 3 is 2.73 bits per heavy atom. The fourth-order valence-corrected chi connectivity index (χ4v) is 2.78. The molecule has 1 aliphatic heterocycles. The second-order valence-electron chi connectivity index (χ2n) is 6.25. The van der Waals surface area contributed by atoms with E-state index in [0.717, 1.165) is 16.9 Å². The van der Waals surface area contributed by atoms with Crippen LogP contribution in [0, 0.1) is 6.92 Å². The smallest absolute Gasteiger partial charge is 0.266 e. The molecule has 0 aromatic heterocycles. The first-order chi connectivity index (χ1) is 12.5. The fourth-order valence-electron chi connectivity index (χ4n) is 2.78. The van der Waals surface area contributed by atoms with Gasteiger partial charge in [-0.05, 0) is 48.7 Å². The molecule has 1 atom stereocenters. The maximum absolute atomic E-state index is 12.1. The Morgan fingerprint density at radius 2 is 2.00 bits per heavy atom. The quantitative estimate of drug-likeness (QED) is 0.835. The summed E-state index contributed by atoms with van der Waals surface area (Å²) < 4.78 is 10.8. The number of rotatable bonds is 6. The summed E-state index contributed by atoms with van der Waals surface area (Å²) in [5.41, 5.74) is 2.77. The number of carbonyl (C=O) groups excluding carboxylic acids is 2. The number of benzene rings is 2. The van der Waals surface area contributed by atoms with Crippen LogP contribution in [-0.4, -0.2) is 31.6 Å². The van der Waals surface area contributed by atoms with Gasteiger partial charge in [-0.3, -0.25) is 9.59 Å². The van der Waals surface area contributed by atoms with Crippen molar-refractivity contribution in [1.29, 1.82) is 0 Å². The molecule has 0 saturated heterocycles. The lowest BCUT2D eigenvalue weighted by Gasteiger charge is -2.25. The van der Waals surface area contributed by atoms with Crippen molar-refractivity contribution >= 4 is 17.5 Å². The molecule has 0 fully saturated rings. The van der Waals surface area contributed by atoms with Crippen LogP contribution in [0.2, 0.25) is 0 Å². The highest BCUT2D eigenvalue weighted by atomic mass is 16.5. The molecule has 0 saturated carbocycles. The van der Waals surface area contributed by atoms with E-state index in [0.29, 0.717) is 24.4 Å². The van der Waals surface area contributed by atoms with Gasteiger partial charge < -0.3 is 20.1 Å². The predicted molar refractivity (Wildman–Crippen MR) is 98.5 cm³/mol. The Morgan fingerprint density at radius 1 is 1.23 bits per heavy atom. The van der Waals surface area contributed by atoms with E-state index in [2.05, 4.69) is 10.6 Å². The fraction of sp³-hybridized carbons (Fsp3) is 0.300. The van der Waals surface area contributed by atoms with Crippen molar-refractivity contribution in [2.75, 3.05) is 19.0 Å². The maximum Gasteiger partial charge on any atom is 0.266 e. The molecule has 2 aromatic carbocycles. The third kappa shape index (κ3) is 4.33. The predicted octanol–water partition coefficient (Wildman–Crippen LogP) is 2.45. The lowest BCUT2D eigenvalue weighted by Crippen LogP contribution is -2.41. The number of hydrogen-bond donors (Lipinski definition) is 2. The Labute approximate surface area is 152 Å². The Bertz CT molecular complexity index is 802. The maximum atomic E-state index is 12.1. The number of methoxy groups -OCH3 is 1. The number of fused-ring (bicyclic) bond motifs is 1. The molecule has 26 heavy (non-hydrogen) atoms. The van der Waals surface area contributed by atoms with Gasteiger partial charge in [0.15, 0.2) is 6.10 Å². The topological polar surface area (TPSA) is 76.7 Å². The van der Waals surface area contributed by atoms with Gasteiger partial charge in [-0.2, -0.15) is 0 Å². The van der Waals surface area contributed by atoms with Crippen molar-refractivity contribution in [3.05, 3.63) is 53.6 Å². The SMILES string of the molecule is COc1ccc(CCNC(=O)CC2Oc3ccc(C)cc3NC2=O)cc1. The zero-order valence-electron chi connectivity index (χ0n) is 14.9. The summed E-state index contributed by atoms with van der Waals surface area (Å²) in [6.45, 7) is 2.43. The zero-order valence-corrected chi connectivity index (χ0v) is 14.9. The van der Waals surface area contributed by atoms with Crippen LogP contribution in [0.25, 0.3) is 0 Å². The Hall–Kier alpha value is -3.02. The lowest BCUT2D eigenvalue weighted by atomic mass is 10.1. The Balaban J connectivity index is 1.48. The van der Waals surface area contributed by atoms with Crippen molar-refractivity contribution in [3.63, 3.8) is 0 Å². The van der Waals surface area contributed by atoms with E-state index in [9.17, 15) is 9.59 Å². The first kappa shape index (κ1) is 17.8. The van der Waals surface area contributed by atoms with Crippen LogP contribution >= 0.6 is 0 Å². The van der Waals surface area contributed by atoms with Gasteiger partial charge in [0.05, 0.1) is 19.2 Å². The van der Waals surface area contributed by atoms with Crippen LogP contribution in [0.15, 0.2) is 42.5 Å². The molecule has 1 aliphatic rings. The summed E-state index contributed by atoms with van der Waals surface area (Å²) in [6.07, 6.45) is -0.122. The zero-order chi connectivity index (χ0) is 18.5. The molecule has 2 aromatic rings. The van der Waals surface area contributed by atoms with Crippen LogP contribution in [-0.2, 0) is 16.0 Å². The summed E-state index contributed by atoms with van der Waals surface area (Å²) in [5.74, 6) is 0.877. The first-order valence-electron chi connectivity index (χ1n) is 8.53. The van der Waals surface area contributed by atoms with Crippen LogP contribution in [0.3, 0.4) is 0 Å². The van der Waals surface area contributed by atoms with E-state index in [4.69, 9.17) is 9.47 Å². The molecular formula is C20H22N2O4. The molecule has 3 rings (SSSR count). The van der Waals surface area contributed by atoms with E-state index in [1.54, 1.807) is 13.2 Å². The second kappa shape index (κ2) is 7.91. The molecule has 0 aliphatic carbocycles. The molecule has 6 nitrogen and oxygen atoms in total. The van der Waals surface area contributed by atoms with Crippen molar-refractivity contribution in [2.45, 2.75) is 25.9 Å². The summed E-state index contributed by atoms with van der Waals surface area (Å²) in [4.78, 5) is 24.3. The molecule has 2 amide bonds. The van der Waals surface area contributed by atoms with Crippen molar-refractivity contribution in [1.82, 2.24) is 5.32 Å². The standard InChI is InChI=1S/C20H22N2O4/c1-13-3-8-17-16(11-13)22-20(24)18(26-17)12-19(23)21-10-9-14-4-6-15(25-2)7-5-14/h3-8,11,18H,9-10,12H2,1-2H3,(H,21,23)(H,22,24). The third-order valence-electron chi connectivity index (χ3n) is 4.22. The normalized spacial score (nSPS) is 15.5. The highest BCUT2D eigenvalue weighted by Gasteiger charge is 2.29. The molecule has 1 unspecified atom stereocenters. The van der Waals surface area contributed by atoms with Crippen LogP contribution < -0.4 is 20.1 Å². The van der Waals surface area contributed by atoms with Crippen molar-refractivity contribution in [3.8, 4) is 11.5 Å². The van der Waals surface area contributed by atoms with E-state index in [1.807, 2.05) is 43.3 Å². The lowest BCUT2D eigenvalue weighted by molar-refractivity contribution is -0.130. The number of ether oxygens (including phenoxy) is 2. The minimum atomic E-state index is -0.814. The number of amides is 2. The van der Waals surface area contributed by atoms with Gasteiger partial charge in [-0.1, -0.05) is 18.2 Å². The minimum absolute atomic E-state index is 0.0121. The van der Waals surface area contributed by atoms with Gasteiger partial charge in [0.2, 0.25) is 5.91 Å². The summed E-state index contributed by atoms with van der Waals surface area (Å²) in [7, 11) is 1.62. The molecule has 6 heteroatoms. The first-order valence-corrected chi connectivity index (χ1v) is 8.53. The van der Waals surface area contributed by atoms with E-state index < -0.39 is 6.10 Å². The highest BCUT2D eigenvalue weighted by molar-refractivity contribution is 6.00. The molecule has 0 spiro atoms. The molecule has 2 N–H and O–H groups in total. The summed E-state index contributed by atoms with van der Waals surface area (Å²) in [6, 6.07) is 13.2. The van der Waals surface area contributed by atoms with Gasteiger partial charge in [0.25, 0.3) is 5.91 Å². The number of carbonyl (C=O) groups is 2. The highest BCUT2D eigenvalue weighted by Crippen LogP contribution is 2.30. The molecule has 136 valence electrons. The molecular weight excluding hydrogens is 332 g/mol. The van der Waals surface area contributed by atoms with E-state index >= 15 is 0 Å². The second-order valence-corrected chi connectivity index (χ2v) is 6.25. The number of nitrogens with one attached hydrogen (secondary N) is 2. The number of aryl methyl sites for hydroxylation is 1. The van der Waals surface area contributed by atoms with Gasteiger partial charge in [-0.15, -0.1) is 0 Å². The summed E-state index contributed by atoms with van der Waals surface area (Å²) in [5, 5.41) is 5.62. The van der Waals surface area contributed by atoms with Crippen LogP contribution in [0.5, 0.6) is 11.5 Å². The van der Waals surface area contributed by atoms with Gasteiger partial charge >= 0.3 is 0 Å². The van der Waals surface area contributed by atoms with Crippen LogP contribution in [0.4, 0.5) is 5.69 Å². The van der Waals surface area contributed by atoms with E-state index in [-0.39, 0.29) is 18.2 Å². The largest absolute Gasteiger partial charge is 0.497 e. The van der Waals surface area contributed by atoms with Gasteiger partial charge in [0, 0.05) is 6.54 Å². The van der Waals surface area contributed by atoms with Gasteiger partial charge in [-0.25, -0.2) is 0 Å². The van der Waals surface area contributed by atoms with Gasteiger partial charge in [0.1, 0.15) is 11.5 Å². The Kier molecular flexibility index (Phi) is 5.41. The number of hydrogen-bond acceptors (Lipinski definition) is 4. The molecule has 0 radical (unpaired) electrons. The molecule has 1 heterocycles. The monoisotopic (exact) mass is 354 g/mol. The summed E-state index contributed by atoms with van der Waals surface area (Å²) >= 11 is 0. The average Bonchev–Trinajstić information content (AvgIpc) is 2.63. The van der Waals surface area contributed by atoms with E-state index in [1.165, 1.54) is 0 Å². The van der Waals surface area contributed by atoms with Crippen LogP contribution in [0.1, 0.15) is 17.5 Å². The molecule has 0 bridgehead atoms. The number of anilines is 1. The third-order valence-corrected chi connectivity index (χ3v) is 4.22. The minimum Gasteiger partial charge on any atom is -0.497 e. The average molecular weight is 354 g/mol.